The molecule has 2 aromatic heterocycles. The molecule has 0 unspecified atom stereocenters. The first-order valence-electron chi connectivity index (χ1n) is 8.95. The molecule has 1 N–H and O–H groups in total. The van der Waals surface area contributed by atoms with Crippen molar-refractivity contribution in [1.82, 2.24) is 20.1 Å². The molecule has 7 nitrogen and oxygen atoms in total. The smallest absolute Gasteiger partial charge is 0.253 e. The van der Waals surface area contributed by atoms with Gasteiger partial charge in [0.15, 0.2) is 5.82 Å². The van der Waals surface area contributed by atoms with Gasteiger partial charge in [0.2, 0.25) is 0 Å². The SMILES string of the molecule is COc1ccc([C@H](C)NC(=O)c2ccc(-n3nc(C)cc3C)nc2)c(OC)c1. The van der Waals surface area contributed by atoms with Crippen molar-refractivity contribution < 1.29 is 14.3 Å². The Bertz CT molecular complexity index is 980. The third-order valence-electron chi connectivity index (χ3n) is 4.49. The fraction of sp³-hybridized carbons (Fsp3) is 0.286. The van der Waals surface area contributed by atoms with Crippen LogP contribution < -0.4 is 14.8 Å². The summed E-state index contributed by atoms with van der Waals surface area (Å²) in [4.78, 5) is 17.0. The summed E-state index contributed by atoms with van der Waals surface area (Å²) in [5, 5.41) is 7.38. The molecule has 0 radical (unpaired) electrons. The number of hydrogen-bond donors (Lipinski definition) is 1. The minimum atomic E-state index is -0.246. The Morgan fingerprint density at radius 1 is 1.11 bits per heavy atom. The maximum atomic E-state index is 12.6. The molecule has 0 aliphatic heterocycles. The molecular weight excluding hydrogens is 356 g/mol. The Morgan fingerprint density at radius 2 is 1.89 bits per heavy atom. The van der Waals surface area contributed by atoms with E-state index in [-0.39, 0.29) is 11.9 Å². The molecule has 0 spiro atoms. The number of aromatic nitrogens is 3. The van der Waals surface area contributed by atoms with E-state index < -0.39 is 0 Å². The van der Waals surface area contributed by atoms with Crippen LogP contribution in [0.4, 0.5) is 0 Å². The first-order chi connectivity index (χ1) is 13.4. The summed E-state index contributed by atoms with van der Waals surface area (Å²) in [5.74, 6) is 1.82. The van der Waals surface area contributed by atoms with Gasteiger partial charge in [-0.2, -0.15) is 5.10 Å². The van der Waals surface area contributed by atoms with Crippen molar-refractivity contribution in [3.63, 3.8) is 0 Å². The number of benzene rings is 1. The molecule has 7 heteroatoms. The molecule has 1 amide bonds. The number of nitrogens with one attached hydrogen (secondary N) is 1. The molecule has 0 aliphatic rings. The van der Waals surface area contributed by atoms with E-state index in [2.05, 4.69) is 15.4 Å². The Kier molecular flexibility index (Phi) is 5.63. The lowest BCUT2D eigenvalue weighted by molar-refractivity contribution is 0.0939. The average Bonchev–Trinajstić information content (AvgIpc) is 3.05. The van der Waals surface area contributed by atoms with Crippen molar-refractivity contribution in [2.75, 3.05) is 14.2 Å². The molecule has 0 aliphatic carbocycles. The highest BCUT2D eigenvalue weighted by atomic mass is 16.5. The van der Waals surface area contributed by atoms with E-state index in [0.717, 1.165) is 17.0 Å². The number of ether oxygens (including phenoxy) is 2. The van der Waals surface area contributed by atoms with Gasteiger partial charge in [-0.15, -0.1) is 0 Å². The standard InChI is InChI=1S/C21H24N4O3/c1-13-10-14(2)25(24-13)20-9-6-16(12-22-20)21(26)23-15(3)18-8-7-17(27-4)11-19(18)28-5/h6-12,15H,1-5H3,(H,23,26)/t15-/m0/s1. The third-order valence-corrected chi connectivity index (χ3v) is 4.49. The predicted octanol–water partition coefficient (Wildman–Crippen LogP) is 3.39. The van der Waals surface area contributed by atoms with Gasteiger partial charge in [0.1, 0.15) is 11.5 Å². The van der Waals surface area contributed by atoms with Crippen molar-refractivity contribution in [3.8, 4) is 17.3 Å². The van der Waals surface area contributed by atoms with Crippen LogP contribution in [-0.2, 0) is 0 Å². The van der Waals surface area contributed by atoms with Crippen LogP contribution in [0.25, 0.3) is 5.82 Å². The van der Waals surface area contributed by atoms with E-state index in [9.17, 15) is 4.79 Å². The van der Waals surface area contributed by atoms with Crippen LogP contribution in [0.15, 0.2) is 42.6 Å². The number of rotatable bonds is 6. The summed E-state index contributed by atoms with van der Waals surface area (Å²) in [6.45, 7) is 5.80. The third kappa shape index (κ3) is 3.98. The van der Waals surface area contributed by atoms with Crippen LogP contribution in [0.1, 0.15) is 40.3 Å². The Labute approximate surface area is 164 Å². The number of carbonyl (C=O) groups excluding carboxylic acids is 1. The highest BCUT2D eigenvalue weighted by molar-refractivity contribution is 5.94. The molecule has 28 heavy (non-hydrogen) atoms. The number of aryl methyl sites for hydroxylation is 2. The summed E-state index contributed by atoms with van der Waals surface area (Å²) in [5.41, 5.74) is 3.25. The first-order valence-corrected chi connectivity index (χ1v) is 8.95. The lowest BCUT2D eigenvalue weighted by Crippen LogP contribution is -2.27. The molecule has 146 valence electrons. The molecule has 1 atom stereocenters. The zero-order valence-corrected chi connectivity index (χ0v) is 16.7. The molecule has 0 fully saturated rings. The molecular formula is C21H24N4O3. The summed E-state index contributed by atoms with van der Waals surface area (Å²) in [7, 11) is 3.19. The molecule has 3 rings (SSSR count). The Hall–Kier alpha value is -3.35. The normalized spacial score (nSPS) is 11.8. The summed E-state index contributed by atoms with van der Waals surface area (Å²) < 4.78 is 12.4. The highest BCUT2D eigenvalue weighted by Crippen LogP contribution is 2.29. The van der Waals surface area contributed by atoms with E-state index in [4.69, 9.17) is 9.47 Å². The monoisotopic (exact) mass is 380 g/mol. The van der Waals surface area contributed by atoms with Crippen LogP contribution in [0.3, 0.4) is 0 Å². The van der Waals surface area contributed by atoms with Crippen LogP contribution >= 0.6 is 0 Å². The summed E-state index contributed by atoms with van der Waals surface area (Å²) in [6.07, 6.45) is 1.55. The number of hydrogen-bond acceptors (Lipinski definition) is 5. The first kappa shape index (κ1) is 19.4. The fourth-order valence-corrected chi connectivity index (χ4v) is 3.04. The van der Waals surface area contributed by atoms with Gasteiger partial charge in [0.25, 0.3) is 5.91 Å². The van der Waals surface area contributed by atoms with Gasteiger partial charge in [-0.3, -0.25) is 4.79 Å². The largest absolute Gasteiger partial charge is 0.497 e. The Morgan fingerprint density at radius 3 is 2.46 bits per heavy atom. The van der Waals surface area contributed by atoms with Crippen molar-refractivity contribution in [2.24, 2.45) is 0 Å². The van der Waals surface area contributed by atoms with E-state index in [0.29, 0.717) is 22.9 Å². The lowest BCUT2D eigenvalue weighted by Gasteiger charge is -2.18. The van der Waals surface area contributed by atoms with Gasteiger partial charge in [0, 0.05) is 23.5 Å². The van der Waals surface area contributed by atoms with Gasteiger partial charge < -0.3 is 14.8 Å². The zero-order chi connectivity index (χ0) is 20.3. The van der Waals surface area contributed by atoms with Gasteiger partial charge in [0.05, 0.1) is 31.5 Å². The van der Waals surface area contributed by atoms with E-state index in [1.54, 1.807) is 43.3 Å². The minimum Gasteiger partial charge on any atom is -0.497 e. The predicted molar refractivity (Wildman–Crippen MR) is 106 cm³/mol. The molecule has 3 aromatic rings. The van der Waals surface area contributed by atoms with Gasteiger partial charge >= 0.3 is 0 Å². The van der Waals surface area contributed by atoms with E-state index >= 15 is 0 Å². The maximum absolute atomic E-state index is 12.6. The quantitative estimate of drug-likeness (QED) is 0.709. The van der Waals surface area contributed by atoms with Crippen molar-refractivity contribution >= 4 is 5.91 Å². The van der Waals surface area contributed by atoms with Crippen LogP contribution in [0, 0.1) is 13.8 Å². The lowest BCUT2D eigenvalue weighted by atomic mass is 10.1. The van der Waals surface area contributed by atoms with Gasteiger partial charge in [-0.05, 0) is 51.1 Å². The molecule has 0 saturated carbocycles. The van der Waals surface area contributed by atoms with Crippen LogP contribution in [0.2, 0.25) is 0 Å². The molecule has 1 aromatic carbocycles. The number of amides is 1. The summed E-state index contributed by atoms with van der Waals surface area (Å²) in [6, 6.07) is 10.8. The zero-order valence-electron chi connectivity index (χ0n) is 16.7. The molecule has 0 saturated heterocycles. The Balaban J connectivity index is 1.75. The van der Waals surface area contributed by atoms with Crippen molar-refractivity contribution in [3.05, 3.63) is 65.1 Å². The second-order valence-corrected chi connectivity index (χ2v) is 6.55. The number of carbonyl (C=O) groups is 1. The minimum absolute atomic E-state index is 0.210. The molecule has 2 heterocycles. The van der Waals surface area contributed by atoms with Gasteiger partial charge in [-0.1, -0.05) is 0 Å². The van der Waals surface area contributed by atoms with Crippen LogP contribution in [-0.4, -0.2) is 34.9 Å². The average molecular weight is 380 g/mol. The topological polar surface area (TPSA) is 78.3 Å². The second-order valence-electron chi connectivity index (χ2n) is 6.55. The van der Waals surface area contributed by atoms with Gasteiger partial charge in [-0.25, -0.2) is 9.67 Å². The second kappa shape index (κ2) is 8.12. The van der Waals surface area contributed by atoms with Crippen molar-refractivity contribution in [1.29, 1.82) is 0 Å². The fourth-order valence-electron chi connectivity index (χ4n) is 3.04. The maximum Gasteiger partial charge on any atom is 0.253 e. The number of methoxy groups -OCH3 is 2. The number of pyridine rings is 1. The summed E-state index contributed by atoms with van der Waals surface area (Å²) >= 11 is 0. The van der Waals surface area contributed by atoms with E-state index in [1.165, 1.54) is 0 Å². The van der Waals surface area contributed by atoms with Crippen molar-refractivity contribution in [2.45, 2.75) is 26.8 Å². The van der Waals surface area contributed by atoms with E-state index in [1.807, 2.05) is 39.0 Å². The highest BCUT2D eigenvalue weighted by Gasteiger charge is 2.16. The molecule has 0 bridgehead atoms. The number of nitrogens with zero attached hydrogens (tertiary/aromatic N) is 3. The van der Waals surface area contributed by atoms with Crippen LogP contribution in [0.5, 0.6) is 11.5 Å².